The maximum atomic E-state index is 12.7. The highest BCUT2D eigenvalue weighted by atomic mass is 35.5. The van der Waals surface area contributed by atoms with Crippen molar-refractivity contribution < 1.29 is 22.7 Å². The Labute approximate surface area is 157 Å². The zero-order valence-corrected chi connectivity index (χ0v) is 14.9. The van der Waals surface area contributed by atoms with Crippen molar-refractivity contribution in [1.82, 2.24) is 10.2 Å². The lowest BCUT2D eigenvalue weighted by Crippen LogP contribution is -2.04. The molecule has 2 aromatic carbocycles. The molecule has 1 aromatic heterocycles. The normalized spacial score (nSPS) is 11.4. The van der Waals surface area contributed by atoms with E-state index in [0.29, 0.717) is 33.2 Å². The van der Waals surface area contributed by atoms with Gasteiger partial charge in [0.1, 0.15) is 12.4 Å². The van der Waals surface area contributed by atoms with Crippen molar-refractivity contribution in [3.63, 3.8) is 0 Å². The molecule has 0 aliphatic heterocycles. The number of ether oxygens (including phenoxy) is 1. The summed E-state index contributed by atoms with van der Waals surface area (Å²) in [6.45, 7) is 1.54. The van der Waals surface area contributed by atoms with Crippen LogP contribution in [0.15, 0.2) is 48.7 Å². The molecule has 0 saturated carbocycles. The van der Waals surface area contributed by atoms with E-state index < -0.39 is 11.7 Å². The third-order valence-corrected chi connectivity index (χ3v) is 4.22. The molecule has 0 spiro atoms. The van der Waals surface area contributed by atoms with Gasteiger partial charge >= 0.3 is 6.18 Å². The van der Waals surface area contributed by atoms with Crippen LogP contribution in [0.4, 0.5) is 13.2 Å². The van der Waals surface area contributed by atoms with Crippen LogP contribution < -0.4 is 4.74 Å². The standard InChI is InChI=1S/C19H14ClF3N2O2/c1-11(26)13-4-7-17(16(20)8-13)27-10-14-9-24-25-18(14)12-2-5-15(6-3-12)19(21,22)23/h2-9H,10H2,1H3,(H,24,25). The zero-order chi connectivity index (χ0) is 19.6. The Hall–Kier alpha value is -2.80. The van der Waals surface area contributed by atoms with Crippen LogP contribution in [0, 0.1) is 0 Å². The zero-order valence-electron chi connectivity index (χ0n) is 14.1. The van der Waals surface area contributed by atoms with Crippen molar-refractivity contribution >= 4 is 17.4 Å². The molecule has 3 aromatic rings. The monoisotopic (exact) mass is 394 g/mol. The lowest BCUT2D eigenvalue weighted by atomic mass is 10.1. The molecule has 0 unspecified atom stereocenters. The maximum absolute atomic E-state index is 12.7. The Morgan fingerprint density at radius 3 is 2.48 bits per heavy atom. The van der Waals surface area contributed by atoms with Gasteiger partial charge in [-0.1, -0.05) is 23.7 Å². The van der Waals surface area contributed by atoms with Crippen LogP contribution in [0.3, 0.4) is 0 Å². The van der Waals surface area contributed by atoms with E-state index in [9.17, 15) is 18.0 Å². The lowest BCUT2D eigenvalue weighted by molar-refractivity contribution is -0.137. The summed E-state index contributed by atoms with van der Waals surface area (Å²) in [5.74, 6) is 0.282. The molecule has 0 saturated heterocycles. The van der Waals surface area contributed by atoms with Crippen molar-refractivity contribution in [1.29, 1.82) is 0 Å². The SMILES string of the molecule is CC(=O)c1ccc(OCc2c[nH]nc2-c2ccc(C(F)(F)F)cc2)c(Cl)c1. The summed E-state index contributed by atoms with van der Waals surface area (Å²) < 4.78 is 43.7. The Bertz CT molecular complexity index is 966. The quantitative estimate of drug-likeness (QED) is 0.579. The molecule has 1 heterocycles. The number of hydrogen-bond acceptors (Lipinski definition) is 3. The van der Waals surface area contributed by atoms with Crippen LogP contribution in [-0.4, -0.2) is 16.0 Å². The van der Waals surface area contributed by atoms with E-state index in [2.05, 4.69) is 10.2 Å². The Kier molecular flexibility index (Phi) is 5.23. The number of Topliss-reactive ketones (excluding diaryl/α,β-unsaturated/α-hetero) is 1. The van der Waals surface area contributed by atoms with Gasteiger partial charge in [0.05, 0.1) is 16.3 Å². The van der Waals surface area contributed by atoms with Gasteiger partial charge in [0.2, 0.25) is 0 Å². The summed E-state index contributed by atoms with van der Waals surface area (Å²) in [6.07, 6.45) is -2.79. The van der Waals surface area contributed by atoms with Crippen LogP contribution in [0.5, 0.6) is 5.75 Å². The van der Waals surface area contributed by atoms with Crippen molar-refractivity contribution in [3.8, 4) is 17.0 Å². The maximum Gasteiger partial charge on any atom is 0.416 e. The molecule has 27 heavy (non-hydrogen) atoms. The van der Waals surface area contributed by atoms with E-state index in [1.807, 2.05) is 0 Å². The smallest absolute Gasteiger partial charge is 0.416 e. The fourth-order valence-electron chi connectivity index (χ4n) is 2.48. The van der Waals surface area contributed by atoms with Crippen molar-refractivity contribution in [2.24, 2.45) is 0 Å². The number of nitrogens with zero attached hydrogens (tertiary/aromatic N) is 1. The van der Waals surface area contributed by atoms with Gasteiger partial charge in [-0.2, -0.15) is 18.3 Å². The number of alkyl halides is 3. The van der Waals surface area contributed by atoms with Crippen LogP contribution in [0.25, 0.3) is 11.3 Å². The van der Waals surface area contributed by atoms with E-state index in [0.717, 1.165) is 12.1 Å². The topological polar surface area (TPSA) is 55.0 Å². The highest BCUT2D eigenvalue weighted by Crippen LogP contribution is 2.32. The van der Waals surface area contributed by atoms with E-state index >= 15 is 0 Å². The number of nitrogens with one attached hydrogen (secondary N) is 1. The van der Waals surface area contributed by atoms with E-state index in [4.69, 9.17) is 16.3 Å². The summed E-state index contributed by atoms with van der Waals surface area (Å²) >= 11 is 6.12. The molecule has 8 heteroatoms. The number of benzene rings is 2. The molecule has 0 radical (unpaired) electrons. The van der Waals surface area contributed by atoms with Gasteiger partial charge in [-0.05, 0) is 37.3 Å². The Morgan fingerprint density at radius 1 is 1.19 bits per heavy atom. The van der Waals surface area contributed by atoms with Crippen LogP contribution >= 0.6 is 11.6 Å². The third-order valence-electron chi connectivity index (χ3n) is 3.93. The predicted octanol–water partition coefficient (Wildman–Crippen LogP) is 5.53. The van der Waals surface area contributed by atoms with E-state index in [1.54, 1.807) is 18.3 Å². The first-order chi connectivity index (χ1) is 12.8. The van der Waals surface area contributed by atoms with Gasteiger partial charge in [0.15, 0.2) is 5.78 Å². The number of hydrogen-bond donors (Lipinski definition) is 1. The number of carbonyl (C=O) groups is 1. The lowest BCUT2D eigenvalue weighted by Gasteiger charge is -2.10. The molecule has 140 valence electrons. The molecule has 3 rings (SSSR count). The number of H-pyrrole nitrogens is 1. The summed E-state index contributed by atoms with van der Waals surface area (Å²) in [5.41, 5.74) is 1.42. The molecule has 0 atom stereocenters. The molecule has 4 nitrogen and oxygen atoms in total. The number of aromatic amines is 1. The van der Waals surface area contributed by atoms with E-state index in [1.165, 1.54) is 25.1 Å². The molecular weight excluding hydrogens is 381 g/mol. The Balaban J connectivity index is 1.77. The summed E-state index contributed by atoms with van der Waals surface area (Å²) in [4.78, 5) is 11.4. The minimum absolute atomic E-state index is 0.103. The second-order valence-corrected chi connectivity index (χ2v) is 6.23. The molecule has 1 N–H and O–H groups in total. The van der Waals surface area contributed by atoms with Crippen molar-refractivity contribution in [2.75, 3.05) is 0 Å². The van der Waals surface area contributed by atoms with Crippen molar-refractivity contribution in [2.45, 2.75) is 19.7 Å². The summed E-state index contributed by atoms with van der Waals surface area (Å²) in [6, 6.07) is 9.45. The highest BCUT2D eigenvalue weighted by Gasteiger charge is 2.30. The second kappa shape index (κ2) is 7.44. The van der Waals surface area contributed by atoms with Gasteiger partial charge in [0, 0.05) is 22.9 Å². The van der Waals surface area contributed by atoms with Gasteiger partial charge in [-0.25, -0.2) is 0 Å². The molecule has 0 fully saturated rings. The summed E-state index contributed by atoms with van der Waals surface area (Å²) in [7, 11) is 0. The number of rotatable bonds is 5. The molecule has 0 amide bonds. The van der Waals surface area contributed by atoms with Crippen LogP contribution in [0.1, 0.15) is 28.4 Å². The molecule has 0 bridgehead atoms. The Morgan fingerprint density at radius 2 is 1.89 bits per heavy atom. The number of carbonyl (C=O) groups excluding carboxylic acids is 1. The van der Waals surface area contributed by atoms with Crippen molar-refractivity contribution in [3.05, 3.63) is 70.4 Å². The molecular formula is C19H14ClF3N2O2. The van der Waals surface area contributed by atoms with Crippen LogP contribution in [0.2, 0.25) is 5.02 Å². The van der Waals surface area contributed by atoms with Gasteiger partial charge in [-0.15, -0.1) is 0 Å². The molecule has 0 aliphatic carbocycles. The average molecular weight is 395 g/mol. The second-order valence-electron chi connectivity index (χ2n) is 5.82. The number of aromatic nitrogens is 2. The molecule has 0 aliphatic rings. The fourth-order valence-corrected chi connectivity index (χ4v) is 2.72. The first-order valence-electron chi connectivity index (χ1n) is 7.89. The van der Waals surface area contributed by atoms with Crippen LogP contribution in [-0.2, 0) is 12.8 Å². The highest BCUT2D eigenvalue weighted by molar-refractivity contribution is 6.32. The predicted molar refractivity (Wildman–Crippen MR) is 94.8 cm³/mol. The van der Waals surface area contributed by atoms with Gasteiger partial charge in [-0.3, -0.25) is 9.89 Å². The number of ketones is 1. The average Bonchev–Trinajstić information content (AvgIpc) is 3.08. The summed E-state index contributed by atoms with van der Waals surface area (Å²) in [5, 5.41) is 7.07. The minimum atomic E-state index is -4.39. The largest absolute Gasteiger partial charge is 0.487 e. The van der Waals surface area contributed by atoms with Gasteiger partial charge in [0.25, 0.3) is 0 Å². The van der Waals surface area contributed by atoms with E-state index in [-0.39, 0.29) is 12.4 Å². The fraction of sp³-hybridized carbons (Fsp3) is 0.158. The van der Waals surface area contributed by atoms with Gasteiger partial charge < -0.3 is 4.74 Å². The minimum Gasteiger partial charge on any atom is -0.487 e. The third kappa shape index (κ3) is 4.31. The first-order valence-corrected chi connectivity index (χ1v) is 8.27. The number of halogens is 4. The first kappa shape index (κ1) is 19.0.